The van der Waals surface area contributed by atoms with E-state index in [4.69, 9.17) is 14.6 Å². The molecule has 0 heterocycles. The molecule has 0 radical (unpaired) electrons. The lowest BCUT2D eigenvalue weighted by Gasteiger charge is -2.14. The number of methoxy groups -OCH3 is 2. The average molecular weight is 298 g/mol. The van der Waals surface area contributed by atoms with Gasteiger partial charge in [-0.1, -0.05) is 0 Å². The summed E-state index contributed by atoms with van der Waals surface area (Å²) in [5, 5.41) is 21.8. The van der Waals surface area contributed by atoms with E-state index < -0.39 is 22.8 Å². The maximum absolute atomic E-state index is 12.0. The Morgan fingerprint density at radius 1 is 1.43 bits per heavy atom. The lowest BCUT2D eigenvalue weighted by molar-refractivity contribution is -0.384. The molecule has 2 N–H and O–H groups in total. The molecule has 9 heteroatoms. The van der Waals surface area contributed by atoms with E-state index in [1.807, 2.05) is 0 Å². The van der Waals surface area contributed by atoms with Crippen LogP contribution in [0, 0.1) is 10.1 Å². The highest BCUT2D eigenvalue weighted by Gasteiger charge is 2.23. The molecule has 114 valence electrons. The molecule has 1 amide bonds. The number of nitro benzene ring substituents is 1. The topological polar surface area (TPSA) is 128 Å². The number of carbonyl (C=O) groups is 2. The van der Waals surface area contributed by atoms with Gasteiger partial charge in [0.05, 0.1) is 30.3 Å². The normalized spacial score (nSPS) is 11.5. The highest BCUT2D eigenvalue weighted by atomic mass is 16.6. The Kier molecular flexibility index (Phi) is 5.61. The Labute approximate surface area is 119 Å². The number of ether oxygens (including phenoxy) is 2. The molecule has 0 aromatic heterocycles. The molecule has 9 nitrogen and oxygen atoms in total. The van der Waals surface area contributed by atoms with Gasteiger partial charge in [0, 0.05) is 13.2 Å². The van der Waals surface area contributed by atoms with E-state index in [-0.39, 0.29) is 23.6 Å². The third-order valence-corrected chi connectivity index (χ3v) is 2.58. The van der Waals surface area contributed by atoms with Crippen LogP contribution in [0.1, 0.15) is 10.4 Å². The fourth-order valence-electron chi connectivity index (χ4n) is 1.56. The molecule has 1 unspecified atom stereocenters. The van der Waals surface area contributed by atoms with E-state index in [1.165, 1.54) is 20.3 Å². The molecule has 21 heavy (non-hydrogen) atoms. The SMILES string of the molecule is COCC(NC(=O)c1ccc([N+](=O)[O-])cc1OC)C(=O)O. The lowest BCUT2D eigenvalue weighted by atomic mass is 10.1. The van der Waals surface area contributed by atoms with Crippen LogP contribution in [0.5, 0.6) is 5.75 Å². The van der Waals surface area contributed by atoms with Crippen molar-refractivity contribution in [2.24, 2.45) is 0 Å². The second-order valence-electron chi connectivity index (χ2n) is 3.96. The molecule has 0 bridgehead atoms. The number of hydrogen-bond donors (Lipinski definition) is 2. The van der Waals surface area contributed by atoms with Crippen molar-refractivity contribution in [2.75, 3.05) is 20.8 Å². The summed E-state index contributed by atoms with van der Waals surface area (Å²) < 4.78 is 9.61. The first kappa shape index (κ1) is 16.4. The van der Waals surface area contributed by atoms with Crippen LogP contribution in [-0.4, -0.2) is 48.8 Å². The number of hydrogen-bond acceptors (Lipinski definition) is 6. The third kappa shape index (κ3) is 4.14. The number of carbonyl (C=O) groups excluding carboxylic acids is 1. The second-order valence-corrected chi connectivity index (χ2v) is 3.96. The predicted molar refractivity (Wildman–Crippen MR) is 70.4 cm³/mol. The minimum Gasteiger partial charge on any atom is -0.496 e. The summed E-state index contributed by atoms with van der Waals surface area (Å²) >= 11 is 0. The van der Waals surface area contributed by atoms with Crippen LogP contribution < -0.4 is 10.1 Å². The molecule has 0 aliphatic heterocycles. The van der Waals surface area contributed by atoms with Crippen LogP contribution >= 0.6 is 0 Å². The summed E-state index contributed by atoms with van der Waals surface area (Å²) in [5.41, 5.74) is -0.250. The molecule has 1 atom stereocenters. The van der Waals surface area contributed by atoms with Crippen LogP contribution in [-0.2, 0) is 9.53 Å². The summed E-state index contributed by atoms with van der Waals surface area (Å²) in [7, 11) is 2.55. The van der Waals surface area contributed by atoms with Gasteiger partial charge >= 0.3 is 5.97 Å². The average Bonchev–Trinajstić information content (AvgIpc) is 2.45. The predicted octanol–water partition coefficient (Wildman–Crippen LogP) is 0.433. The van der Waals surface area contributed by atoms with Gasteiger partial charge in [-0.25, -0.2) is 4.79 Å². The summed E-state index contributed by atoms with van der Waals surface area (Å²) in [6, 6.07) is 2.17. The molecular weight excluding hydrogens is 284 g/mol. The van der Waals surface area contributed by atoms with Crippen LogP contribution in [0.3, 0.4) is 0 Å². The molecule has 0 aliphatic carbocycles. The van der Waals surface area contributed by atoms with E-state index >= 15 is 0 Å². The number of benzene rings is 1. The number of rotatable bonds is 7. The molecule has 0 saturated carbocycles. The van der Waals surface area contributed by atoms with Gasteiger partial charge in [0.15, 0.2) is 6.04 Å². The van der Waals surface area contributed by atoms with Crippen molar-refractivity contribution in [1.82, 2.24) is 5.32 Å². The second kappa shape index (κ2) is 7.20. The Hall–Kier alpha value is -2.68. The number of nitrogens with one attached hydrogen (secondary N) is 1. The van der Waals surface area contributed by atoms with Crippen molar-refractivity contribution in [3.05, 3.63) is 33.9 Å². The summed E-state index contributed by atoms with van der Waals surface area (Å²) in [6.45, 7) is -0.212. The number of non-ortho nitro benzene ring substituents is 1. The highest BCUT2D eigenvalue weighted by Crippen LogP contribution is 2.24. The van der Waals surface area contributed by atoms with Gasteiger partial charge in [0.2, 0.25) is 0 Å². The van der Waals surface area contributed by atoms with Crippen molar-refractivity contribution in [3.63, 3.8) is 0 Å². The Morgan fingerprint density at radius 2 is 2.10 bits per heavy atom. The van der Waals surface area contributed by atoms with Crippen molar-refractivity contribution in [3.8, 4) is 5.75 Å². The van der Waals surface area contributed by atoms with Gasteiger partial charge in [0.25, 0.3) is 11.6 Å². The van der Waals surface area contributed by atoms with Gasteiger partial charge in [-0.3, -0.25) is 14.9 Å². The molecule has 0 aliphatic rings. The fraction of sp³-hybridized carbons (Fsp3) is 0.333. The van der Waals surface area contributed by atoms with Crippen molar-refractivity contribution < 1.29 is 29.1 Å². The molecule has 1 rings (SSSR count). The first-order valence-electron chi connectivity index (χ1n) is 5.75. The largest absolute Gasteiger partial charge is 0.496 e. The Morgan fingerprint density at radius 3 is 2.57 bits per heavy atom. The molecule has 0 fully saturated rings. The number of amides is 1. The van der Waals surface area contributed by atoms with E-state index in [9.17, 15) is 19.7 Å². The van der Waals surface area contributed by atoms with E-state index in [2.05, 4.69) is 5.32 Å². The quantitative estimate of drug-likeness (QED) is 0.551. The zero-order chi connectivity index (χ0) is 16.0. The lowest BCUT2D eigenvalue weighted by Crippen LogP contribution is -2.43. The van der Waals surface area contributed by atoms with E-state index in [0.29, 0.717) is 0 Å². The van der Waals surface area contributed by atoms with Crippen LogP contribution in [0.2, 0.25) is 0 Å². The van der Waals surface area contributed by atoms with Crippen LogP contribution in [0.25, 0.3) is 0 Å². The van der Waals surface area contributed by atoms with Gasteiger partial charge in [-0.05, 0) is 6.07 Å². The first-order valence-corrected chi connectivity index (χ1v) is 5.75. The molecule has 1 aromatic carbocycles. The number of aliphatic carboxylic acids is 1. The maximum atomic E-state index is 12.0. The summed E-state index contributed by atoms with van der Waals surface area (Å²) in [6.07, 6.45) is 0. The van der Waals surface area contributed by atoms with Crippen LogP contribution in [0.15, 0.2) is 18.2 Å². The Bertz CT molecular complexity index is 559. The monoisotopic (exact) mass is 298 g/mol. The summed E-state index contributed by atoms with van der Waals surface area (Å²) in [5.74, 6) is -2.01. The number of carboxylic acids is 1. The number of carboxylic acid groups (broad SMARTS) is 1. The van der Waals surface area contributed by atoms with Gasteiger partial charge in [-0.15, -0.1) is 0 Å². The highest BCUT2D eigenvalue weighted by molar-refractivity contribution is 5.99. The smallest absolute Gasteiger partial charge is 0.328 e. The summed E-state index contributed by atoms with van der Waals surface area (Å²) in [4.78, 5) is 33.0. The first-order chi connectivity index (χ1) is 9.90. The zero-order valence-electron chi connectivity index (χ0n) is 11.4. The van der Waals surface area contributed by atoms with Crippen molar-refractivity contribution in [1.29, 1.82) is 0 Å². The van der Waals surface area contributed by atoms with Gasteiger partial charge in [0.1, 0.15) is 5.75 Å². The molecule has 1 aromatic rings. The number of nitro groups is 1. The molecule has 0 spiro atoms. The van der Waals surface area contributed by atoms with Crippen molar-refractivity contribution >= 4 is 17.6 Å². The molecule has 0 saturated heterocycles. The standard InChI is InChI=1S/C12H14N2O7/c1-20-6-9(12(16)17)13-11(15)8-4-3-7(14(18)19)5-10(8)21-2/h3-5,9H,6H2,1-2H3,(H,13,15)(H,16,17). The fourth-order valence-corrected chi connectivity index (χ4v) is 1.56. The Balaban J connectivity index is 3.01. The van der Waals surface area contributed by atoms with E-state index in [0.717, 1.165) is 12.1 Å². The van der Waals surface area contributed by atoms with Crippen molar-refractivity contribution in [2.45, 2.75) is 6.04 Å². The van der Waals surface area contributed by atoms with Gasteiger partial charge in [-0.2, -0.15) is 0 Å². The minimum absolute atomic E-state index is 0.00884. The minimum atomic E-state index is -1.26. The third-order valence-electron chi connectivity index (χ3n) is 2.58. The molecular formula is C12H14N2O7. The van der Waals surface area contributed by atoms with E-state index in [1.54, 1.807) is 0 Å². The van der Waals surface area contributed by atoms with Crippen LogP contribution in [0.4, 0.5) is 5.69 Å². The zero-order valence-corrected chi connectivity index (χ0v) is 11.4. The maximum Gasteiger partial charge on any atom is 0.328 e. The number of nitrogens with zero attached hydrogens (tertiary/aromatic N) is 1. The van der Waals surface area contributed by atoms with Gasteiger partial charge < -0.3 is 19.9 Å².